The predicted molar refractivity (Wildman–Crippen MR) is 126 cm³/mol. The molecule has 1 spiro atoms. The molecule has 4 aliphatic carbocycles. The van der Waals surface area contributed by atoms with Crippen LogP contribution >= 0.6 is 0 Å². The molecular weight excluding hydrogens is 380 g/mol. The van der Waals surface area contributed by atoms with Crippen molar-refractivity contribution in [3.05, 3.63) is 54.1 Å². The number of ether oxygens (including phenoxy) is 1. The van der Waals surface area contributed by atoms with Crippen molar-refractivity contribution in [1.82, 2.24) is 0 Å². The Kier molecular flexibility index (Phi) is 4.99. The SMILES string of the molecule is C[C@]12C=C[C@@]3(CC[C@@H]4[C@@](C)(COC(=O)/C=C/c5ccccc5)CCC[C@@]4(C)[C@@H]3CC1)C2. The van der Waals surface area contributed by atoms with E-state index in [0.29, 0.717) is 28.8 Å². The second-order valence-corrected chi connectivity index (χ2v) is 11.9. The molecule has 2 nitrogen and oxygen atoms in total. The first-order chi connectivity index (χ1) is 14.8. The lowest BCUT2D eigenvalue weighted by Gasteiger charge is -2.64. The van der Waals surface area contributed by atoms with Crippen molar-refractivity contribution in [3.8, 4) is 0 Å². The van der Waals surface area contributed by atoms with Crippen molar-refractivity contribution in [2.24, 2.45) is 33.5 Å². The summed E-state index contributed by atoms with van der Waals surface area (Å²) in [5.41, 5.74) is 2.37. The van der Waals surface area contributed by atoms with Gasteiger partial charge in [-0.25, -0.2) is 4.79 Å². The maximum absolute atomic E-state index is 12.5. The number of esters is 1. The number of rotatable bonds is 4. The van der Waals surface area contributed by atoms with E-state index in [0.717, 1.165) is 11.5 Å². The lowest BCUT2D eigenvalue weighted by molar-refractivity contribution is -0.168. The second-order valence-electron chi connectivity index (χ2n) is 11.9. The van der Waals surface area contributed by atoms with Gasteiger partial charge in [0, 0.05) is 11.5 Å². The zero-order valence-corrected chi connectivity index (χ0v) is 19.5. The van der Waals surface area contributed by atoms with Crippen LogP contribution in [0, 0.1) is 33.5 Å². The molecule has 2 heteroatoms. The molecule has 6 atom stereocenters. The first-order valence-electron chi connectivity index (χ1n) is 12.4. The van der Waals surface area contributed by atoms with Gasteiger partial charge in [0.05, 0.1) is 6.61 Å². The lowest BCUT2D eigenvalue weighted by atomic mass is 9.40. The van der Waals surface area contributed by atoms with Crippen LogP contribution < -0.4 is 0 Å². The maximum Gasteiger partial charge on any atom is 0.330 e. The van der Waals surface area contributed by atoms with Gasteiger partial charge >= 0.3 is 5.97 Å². The van der Waals surface area contributed by atoms with Crippen LogP contribution in [0.3, 0.4) is 0 Å². The van der Waals surface area contributed by atoms with Crippen LogP contribution in [0.25, 0.3) is 6.08 Å². The first-order valence-corrected chi connectivity index (χ1v) is 12.4. The summed E-state index contributed by atoms with van der Waals surface area (Å²) in [6.07, 6.45) is 19.1. The molecule has 166 valence electrons. The van der Waals surface area contributed by atoms with Gasteiger partial charge < -0.3 is 4.74 Å². The van der Waals surface area contributed by atoms with Crippen LogP contribution in [0.15, 0.2) is 48.6 Å². The third kappa shape index (κ3) is 3.51. The van der Waals surface area contributed by atoms with E-state index in [-0.39, 0.29) is 11.4 Å². The highest BCUT2D eigenvalue weighted by Crippen LogP contribution is 2.71. The molecule has 3 fully saturated rings. The van der Waals surface area contributed by atoms with Gasteiger partial charge in [-0.05, 0) is 84.7 Å². The van der Waals surface area contributed by atoms with Crippen LogP contribution in [0.5, 0.6) is 0 Å². The van der Waals surface area contributed by atoms with E-state index < -0.39 is 0 Å². The Morgan fingerprint density at radius 2 is 1.77 bits per heavy atom. The molecular formula is C29H38O2. The highest BCUT2D eigenvalue weighted by atomic mass is 16.5. The van der Waals surface area contributed by atoms with Crippen LogP contribution in [0.4, 0.5) is 0 Å². The van der Waals surface area contributed by atoms with Crippen LogP contribution in [-0.2, 0) is 9.53 Å². The second kappa shape index (κ2) is 7.36. The van der Waals surface area contributed by atoms with Gasteiger partial charge in [0.25, 0.3) is 0 Å². The van der Waals surface area contributed by atoms with E-state index in [1.54, 1.807) is 6.08 Å². The quantitative estimate of drug-likeness (QED) is 0.293. The molecule has 0 radical (unpaired) electrons. The van der Waals surface area contributed by atoms with Gasteiger partial charge in [0.1, 0.15) is 0 Å². The average Bonchev–Trinajstić information content (AvgIpc) is 3.00. The third-order valence-electron chi connectivity index (χ3n) is 9.80. The molecule has 0 aromatic heterocycles. The van der Waals surface area contributed by atoms with Gasteiger partial charge in [-0.2, -0.15) is 0 Å². The highest BCUT2D eigenvalue weighted by molar-refractivity contribution is 5.87. The molecule has 0 heterocycles. The van der Waals surface area contributed by atoms with Gasteiger partial charge in [-0.15, -0.1) is 0 Å². The minimum atomic E-state index is -0.211. The van der Waals surface area contributed by atoms with E-state index in [4.69, 9.17) is 4.74 Å². The Labute approximate surface area is 188 Å². The molecule has 0 amide bonds. The third-order valence-corrected chi connectivity index (χ3v) is 9.80. The summed E-state index contributed by atoms with van der Waals surface area (Å²) in [6.45, 7) is 8.01. The zero-order valence-electron chi connectivity index (χ0n) is 19.5. The molecule has 1 aromatic rings. The zero-order chi connectivity index (χ0) is 21.7. The Bertz CT molecular complexity index is 901. The smallest absolute Gasteiger partial charge is 0.330 e. The molecule has 2 bridgehead atoms. The molecule has 0 unspecified atom stereocenters. The standard InChI is InChI=1S/C29H38O2/c1-26-16-12-24-28(3)15-7-14-27(2,23(28)13-17-29(24,20-26)19-18-26)21-31-25(30)11-10-22-8-5-4-6-9-22/h4-6,8-11,18-19,23-24H,7,12-17,20-21H2,1-3H3/b11-10+/t23-,24+,26-,27-,28-,29+/m1/s1. The van der Waals surface area contributed by atoms with Gasteiger partial charge in [-0.1, -0.05) is 69.7 Å². The largest absolute Gasteiger partial charge is 0.462 e. The summed E-state index contributed by atoms with van der Waals surface area (Å²) < 4.78 is 5.87. The highest BCUT2D eigenvalue weighted by Gasteiger charge is 2.63. The Hall–Kier alpha value is -1.83. The summed E-state index contributed by atoms with van der Waals surface area (Å²) in [4.78, 5) is 12.5. The van der Waals surface area contributed by atoms with Crippen LogP contribution in [0.2, 0.25) is 0 Å². The molecule has 5 rings (SSSR count). The lowest BCUT2D eigenvalue weighted by Crippen LogP contribution is -2.58. The fourth-order valence-corrected chi connectivity index (χ4v) is 8.45. The number of hydrogen-bond donors (Lipinski definition) is 0. The monoisotopic (exact) mass is 418 g/mol. The number of benzene rings is 1. The van der Waals surface area contributed by atoms with Crippen LogP contribution in [0.1, 0.15) is 77.7 Å². The van der Waals surface area contributed by atoms with Crippen molar-refractivity contribution >= 4 is 12.0 Å². The fraction of sp³-hybridized carbons (Fsp3) is 0.621. The van der Waals surface area contributed by atoms with Crippen molar-refractivity contribution in [1.29, 1.82) is 0 Å². The molecule has 31 heavy (non-hydrogen) atoms. The number of carbonyl (C=O) groups is 1. The maximum atomic E-state index is 12.5. The van der Waals surface area contributed by atoms with E-state index >= 15 is 0 Å². The number of fused-ring (bicyclic) bond motifs is 3. The van der Waals surface area contributed by atoms with E-state index in [2.05, 4.69) is 32.9 Å². The number of carbonyl (C=O) groups excluding carboxylic acids is 1. The average molecular weight is 419 g/mol. The molecule has 1 aromatic carbocycles. The summed E-state index contributed by atoms with van der Waals surface area (Å²) in [6, 6.07) is 9.96. The Morgan fingerprint density at radius 3 is 2.58 bits per heavy atom. The van der Waals surface area contributed by atoms with Crippen molar-refractivity contribution < 1.29 is 9.53 Å². The minimum Gasteiger partial charge on any atom is -0.462 e. The Morgan fingerprint density at radius 1 is 1.00 bits per heavy atom. The Balaban J connectivity index is 1.30. The number of allylic oxidation sites excluding steroid dienone is 2. The molecule has 0 aliphatic heterocycles. The van der Waals surface area contributed by atoms with Crippen molar-refractivity contribution in [3.63, 3.8) is 0 Å². The summed E-state index contributed by atoms with van der Waals surface area (Å²) >= 11 is 0. The molecule has 0 saturated heterocycles. The first kappa shape index (κ1) is 21.0. The normalized spacial score (nSPS) is 43.5. The van der Waals surface area contributed by atoms with Crippen molar-refractivity contribution in [2.45, 2.75) is 72.1 Å². The van der Waals surface area contributed by atoms with Gasteiger partial charge in [0.15, 0.2) is 0 Å². The number of hydrogen-bond acceptors (Lipinski definition) is 2. The summed E-state index contributed by atoms with van der Waals surface area (Å²) in [5, 5.41) is 0. The topological polar surface area (TPSA) is 26.3 Å². The summed E-state index contributed by atoms with van der Waals surface area (Å²) in [7, 11) is 0. The molecule has 0 N–H and O–H groups in total. The molecule has 3 saturated carbocycles. The van der Waals surface area contributed by atoms with Gasteiger partial charge in [-0.3, -0.25) is 0 Å². The fourth-order valence-electron chi connectivity index (χ4n) is 8.45. The molecule has 4 aliphatic rings. The van der Waals surface area contributed by atoms with E-state index in [9.17, 15) is 4.79 Å². The van der Waals surface area contributed by atoms with E-state index in [1.807, 2.05) is 36.4 Å². The van der Waals surface area contributed by atoms with Crippen molar-refractivity contribution in [2.75, 3.05) is 6.61 Å². The van der Waals surface area contributed by atoms with Crippen LogP contribution in [-0.4, -0.2) is 12.6 Å². The predicted octanol–water partition coefficient (Wildman–Crippen LogP) is 7.21. The summed E-state index contributed by atoms with van der Waals surface area (Å²) in [5.74, 6) is 1.23. The van der Waals surface area contributed by atoms with Gasteiger partial charge in [0.2, 0.25) is 0 Å². The van der Waals surface area contributed by atoms with E-state index in [1.165, 1.54) is 51.4 Å². The minimum absolute atomic E-state index is 0.0912.